The summed E-state index contributed by atoms with van der Waals surface area (Å²) in [5.74, 6) is 1.77. The van der Waals surface area contributed by atoms with Crippen LogP contribution in [0.3, 0.4) is 0 Å². The second kappa shape index (κ2) is 7.09. The minimum atomic E-state index is 0.0876. The van der Waals surface area contributed by atoms with Gasteiger partial charge in [0.1, 0.15) is 5.82 Å². The van der Waals surface area contributed by atoms with Gasteiger partial charge in [-0.2, -0.15) is 0 Å². The summed E-state index contributed by atoms with van der Waals surface area (Å²) < 4.78 is 0. The Morgan fingerprint density at radius 2 is 2.18 bits per heavy atom. The first-order valence-corrected chi connectivity index (χ1v) is 8.42. The van der Waals surface area contributed by atoms with Crippen LogP contribution in [0.15, 0.2) is 18.3 Å². The molecule has 1 aromatic heterocycles. The van der Waals surface area contributed by atoms with E-state index < -0.39 is 0 Å². The summed E-state index contributed by atoms with van der Waals surface area (Å²) in [7, 11) is 0. The molecule has 0 bridgehead atoms. The smallest absolute Gasteiger partial charge is 0.223 e. The van der Waals surface area contributed by atoms with Gasteiger partial charge in [0.25, 0.3) is 0 Å². The standard InChI is InChI=1S/C17H26N4O/c1-13(15-11-18-12-15)17(22)20-10-14-5-6-19-16(9-14)21-7-3-2-4-8-21/h5-6,9,13,15,18H,2-4,7-8,10-12H2,1H3,(H,20,22). The summed E-state index contributed by atoms with van der Waals surface area (Å²) in [6.07, 6.45) is 5.66. The van der Waals surface area contributed by atoms with Gasteiger partial charge in [0.05, 0.1) is 0 Å². The van der Waals surface area contributed by atoms with Crippen LogP contribution in [-0.4, -0.2) is 37.1 Å². The molecule has 0 saturated carbocycles. The molecule has 3 heterocycles. The topological polar surface area (TPSA) is 57.3 Å². The molecule has 2 aliphatic heterocycles. The fourth-order valence-electron chi connectivity index (χ4n) is 3.10. The van der Waals surface area contributed by atoms with E-state index >= 15 is 0 Å². The fourth-order valence-corrected chi connectivity index (χ4v) is 3.10. The zero-order valence-electron chi connectivity index (χ0n) is 13.3. The Balaban J connectivity index is 1.54. The third kappa shape index (κ3) is 3.58. The number of aromatic nitrogens is 1. The third-order valence-corrected chi connectivity index (χ3v) is 4.89. The van der Waals surface area contributed by atoms with Gasteiger partial charge in [-0.25, -0.2) is 4.98 Å². The monoisotopic (exact) mass is 302 g/mol. The average molecular weight is 302 g/mol. The molecule has 3 rings (SSSR count). The van der Waals surface area contributed by atoms with Gasteiger partial charge >= 0.3 is 0 Å². The Morgan fingerprint density at radius 3 is 2.86 bits per heavy atom. The lowest BCUT2D eigenvalue weighted by molar-refractivity contribution is -0.126. The maximum Gasteiger partial charge on any atom is 0.223 e. The lowest BCUT2D eigenvalue weighted by Crippen LogP contribution is -2.49. The van der Waals surface area contributed by atoms with Crippen molar-refractivity contribution in [2.45, 2.75) is 32.7 Å². The molecule has 1 aromatic rings. The molecule has 22 heavy (non-hydrogen) atoms. The van der Waals surface area contributed by atoms with Crippen molar-refractivity contribution < 1.29 is 4.79 Å². The highest BCUT2D eigenvalue weighted by atomic mass is 16.1. The lowest BCUT2D eigenvalue weighted by Gasteiger charge is -2.31. The van der Waals surface area contributed by atoms with E-state index in [1.807, 2.05) is 19.2 Å². The summed E-state index contributed by atoms with van der Waals surface area (Å²) in [4.78, 5) is 19.0. The van der Waals surface area contributed by atoms with Gasteiger partial charge in [0, 0.05) is 31.7 Å². The molecule has 2 aliphatic rings. The summed E-state index contributed by atoms with van der Waals surface area (Å²) in [5, 5.41) is 6.29. The molecular formula is C17H26N4O. The second-order valence-electron chi connectivity index (χ2n) is 6.49. The predicted octanol–water partition coefficient (Wildman–Crippen LogP) is 1.54. The molecule has 1 atom stereocenters. The van der Waals surface area contributed by atoms with Crippen LogP contribution >= 0.6 is 0 Å². The molecular weight excluding hydrogens is 276 g/mol. The van der Waals surface area contributed by atoms with Crippen LogP contribution in [0.25, 0.3) is 0 Å². The molecule has 0 spiro atoms. The SMILES string of the molecule is CC(C(=O)NCc1ccnc(N2CCCCC2)c1)C1CNC1. The largest absolute Gasteiger partial charge is 0.357 e. The number of hydrogen-bond acceptors (Lipinski definition) is 4. The second-order valence-corrected chi connectivity index (χ2v) is 6.49. The predicted molar refractivity (Wildman–Crippen MR) is 87.7 cm³/mol. The van der Waals surface area contributed by atoms with Gasteiger partial charge in [-0.3, -0.25) is 4.79 Å². The molecule has 1 unspecified atom stereocenters. The van der Waals surface area contributed by atoms with Crippen molar-refractivity contribution in [3.63, 3.8) is 0 Å². The maximum absolute atomic E-state index is 12.2. The van der Waals surface area contributed by atoms with E-state index in [1.165, 1.54) is 19.3 Å². The van der Waals surface area contributed by atoms with E-state index in [-0.39, 0.29) is 11.8 Å². The normalized spacial score (nSPS) is 20.3. The number of anilines is 1. The molecule has 2 N–H and O–H groups in total. The van der Waals surface area contributed by atoms with Crippen molar-refractivity contribution in [3.8, 4) is 0 Å². The van der Waals surface area contributed by atoms with E-state index in [4.69, 9.17) is 0 Å². The zero-order chi connectivity index (χ0) is 15.4. The van der Waals surface area contributed by atoms with Gasteiger partial charge < -0.3 is 15.5 Å². The highest BCUT2D eigenvalue weighted by Crippen LogP contribution is 2.19. The number of amides is 1. The maximum atomic E-state index is 12.2. The average Bonchev–Trinajstić information content (AvgIpc) is 2.52. The first kappa shape index (κ1) is 15.3. The lowest BCUT2D eigenvalue weighted by atomic mass is 9.88. The number of rotatable bonds is 5. The fraction of sp³-hybridized carbons (Fsp3) is 0.647. The van der Waals surface area contributed by atoms with Crippen LogP contribution in [0.1, 0.15) is 31.7 Å². The quantitative estimate of drug-likeness (QED) is 0.866. The number of carbonyl (C=O) groups is 1. The molecule has 2 fully saturated rings. The van der Waals surface area contributed by atoms with Crippen molar-refractivity contribution in [1.29, 1.82) is 0 Å². The molecule has 2 saturated heterocycles. The summed E-state index contributed by atoms with van der Waals surface area (Å²) in [6.45, 7) is 6.72. The van der Waals surface area contributed by atoms with Gasteiger partial charge in [-0.1, -0.05) is 6.92 Å². The molecule has 0 aliphatic carbocycles. The van der Waals surface area contributed by atoms with Crippen molar-refractivity contribution in [3.05, 3.63) is 23.9 Å². The van der Waals surface area contributed by atoms with E-state index in [9.17, 15) is 4.79 Å². The van der Waals surface area contributed by atoms with Crippen molar-refractivity contribution in [2.75, 3.05) is 31.1 Å². The molecule has 5 heteroatoms. The van der Waals surface area contributed by atoms with E-state index in [0.29, 0.717) is 12.5 Å². The van der Waals surface area contributed by atoms with Crippen LogP contribution in [0.2, 0.25) is 0 Å². The molecule has 1 amide bonds. The first-order chi connectivity index (χ1) is 10.7. The van der Waals surface area contributed by atoms with E-state index in [1.54, 1.807) is 0 Å². The van der Waals surface area contributed by atoms with Crippen LogP contribution in [0.4, 0.5) is 5.82 Å². The highest BCUT2D eigenvalue weighted by Gasteiger charge is 2.28. The summed E-state index contributed by atoms with van der Waals surface area (Å²) >= 11 is 0. The zero-order valence-corrected chi connectivity index (χ0v) is 13.3. The Bertz CT molecular complexity index is 509. The number of hydrogen-bond donors (Lipinski definition) is 2. The number of pyridine rings is 1. The minimum Gasteiger partial charge on any atom is -0.357 e. The van der Waals surface area contributed by atoms with E-state index in [0.717, 1.165) is 37.6 Å². The molecule has 5 nitrogen and oxygen atoms in total. The van der Waals surface area contributed by atoms with Crippen molar-refractivity contribution >= 4 is 11.7 Å². The van der Waals surface area contributed by atoms with Crippen LogP contribution in [0, 0.1) is 11.8 Å². The number of nitrogens with one attached hydrogen (secondary N) is 2. The van der Waals surface area contributed by atoms with Gasteiger partial charge in [-0.05, 0) is 56.0 Å². The third-order valence-electron chi connectivity index (χ3n) is 4.89. The summed E-state index contributed by atoms with van der Waals surface area (Å²) in [6, 6.07) is 4.10. The minimum absolute atomic E-state index is 0.0876. The van der Waals surface area contributed by atoms with Gasteiger partial charge in [0.15, 0.2) is 0 Å². The van der Waals surface area contributed by atoms with Crippen molar-refractivity contribution in [1.82, 2.24) is 15.6 Å². The first-order valence-electron chi connectivity index (χ1n) is 8.42. The van der Waals surface area contributed by atoms with Crippen LogP contribution in [-0.2, 0) is 11.3 Å². The molecule has 0 aromatic carbocycles. The van der Waals surface area contributed by atoms with Crippen LogP contribution in [0.5, 0.6) is 0 Å². The van der Waals surface area contributed by atoms with Gasteiger partial charge in [-0.15, -0.1) is 0 Å². The van der Waals surface area contributed by atoms with Crippen molar-refractivity contribution in [2.24, 2.45) is 11.8 Å². The molecule has 120 valence electrons. The Labute approximate surface area is 132 Å². The Hall–Kier alpha value is -1.62. The number of piperidine rings is 1. The van der Waals surface area contributed by atoms with E-state index in [2.05, 4.69) is 26.6 Å². The summed E-state index contributed by atoms with van der Waals surface area (Å²) in [5.41, 5.74) is 1.13. The highest BCUT2D eigenvalue weighted by molar-refractivity contribution is 5.78. The molecule has 0 radical (unpaired) electrons. The Kier molecular flexibility index (Phi) is 4.93. The number of nitrogens with zero attached hydrogens (tertiary/aromatic N) is 2. The number of carbonyl (C=O) groups excluding carboxylic acids is 1. The van der Waals surface area contributed by atoms with Gasteiger partial charge in [0.2, 0.25) is 5.91 Å². The van der Waals surface area contributed by atoms with Crippen LogP contribution < -0.4 is 15.5 Å². The Morgan fingerprint density at radius 1 is 1.41 bits per heavy atom.